The van der Waals surface area contributed by atoms with Crippen molar-refractivity contribution < 1.29 is 14.2 Å². The molecule has 25 heavy (non-hydrogen) atoms. The van der Waals surface area contributed by atoms with Crippen LogP contribution in [-0.4, -0.2) is 40.8 Å². The Morgan fingerprint density at radius 2 is 1.60 bits per heavy atom. The minimum absolute atomic E-state index is 0.636. The van der Waals surface area contributed by atoms with Crippen LogP contribution in [0.4, 0.5) is 0 Å². The highest BCUT2D eigenvalue weighted by Gasteiger charge is 2.14. The Kier molecular flexibility index (Phi) is 3.61. The monoisotopic (exact) mass is 336 g/mol. The summed E-state index contributed by atoms with van der Waals surface area (Å²) in [5.74, 6) is 2.76. The van der Waals surface area contributed by atoms with Crippen LogP contribution < -0.4 is 14.2 Å². The van der Waals surface area contributed by atoms with Gasteiger partial charge in [-0.05, 0) is 12.1 Å². The summed E-state index contributed by atoms with van der Waals surface area (Å²) in [4.78, 5) is 13.2. The fourth-order valence-electron chi connectivity index (χ4n) is 2.85. The first-order valence-electron chi connectivity index (χ1n) is 7.63. The molecule has 0 unspecified atom stereocenters. The van der Waals surface area contributed by atoms with Crippen molar-refractivity contribution in [2.24, 2.45) is 0 Å². The van der Waals surface area contributed by atoms with Crippen LogP contribution in [0.5, 0.6) is 17.2 Å². The maximum Gasteiger partial charge on any atom is 0.163 e. The molecule has 2 aromatic carbocycles. The van der Waals surface area contributed by atoms with Crippen LogP contribution in [0.3, 0.4) is 0 Å². The van der Waals surface area contributed by atoms with E-state index in [-0.39, 0.29) is 0 Å². The van der Waals surface area contributed by atoms with Gasteiger partial charge in [-0.15, -0.1) is 0 Å². The fraction of sp³-hybridized carbons (Fsp3) is 0.167. The molecule has 0 bridgehead atoms. The Labute approximate surface area is 143 Å². The van der Waals surface area contributed by atoms with E-state index in [0.29, 0.717) is 11.5 Å². The number of imidazole rings is 1. The first-order valence-corrected chi connectivity index (χ1v) is 7.63. The predicted octanol–water partition coefficient (Wildman–Crippen LogP) is 2.99. The second kappa shape index (κ2) is 5.94. The first kappa shape index (κ1) is 15.2. The smallest absolute Gasteiger partial charge is 0.163 e. The van der Waals surface area contributed by atoms with E-state index in [1.165, 1.54) is 6.33 Å². The van der Waals surface area contributed by atoms with Crippen LogP contribution in [-0.2, 0) is 0 Å². The molecule has 0 atom stereocenters. The summed E-state index contributed by atoms with van der Waals surface area (Å²) in [6.45, 7) is 0. The minimum Gasteiger partial charge on any atom is -0.497 e. The second-order valence-electron chi connectivity index (χ2n) is 5.39. The summed E-state index contributed by atoms with van der Waals surface area (Å²) >= 11 is 0. The third-order valence-electron chi connectivity index (χ3n) is 4.10. The van der Waals surface area contributed by atoms with Crippen molar-refractivity contribution >= 4 is 21.9 Å². The molecule has 4 aromatic rings. The number of nitrogens with zero attached hydrogens (tertiary/aromatic N) is 4. The van der Waals surface area contributed by atoms with E-state index in [1.807, 2.05) is 34.9 Å². The van der Waals surface area contributed by atoms with Gasteiger partial charge in [-0.25, -0.2) is 15.0 Å². The Balaban J connectivity index is 1.97. The molecule has 0 saturated heterocycles. The van der Waals surface area contributed by atoms with Crippen LogP contribution in [0, 0.1) is 0 Å². The van der Waals surface area contributed by atoms with Gasteiger partial charge in [0.15, 0.2) is 11.5 Å². The van der Waals surface area contributed by atoms with Gasteiger partial charge < -0.3 is 14.2 Å². The molecule has 0 radical (unpaired) electrons. The van der Waals surface area contributed by atoms with Gasteiger partial charge in [0.1, 0.15) is 24.2 Å². The molecule has 0 N–H and O–H groups in total. The van der Waals surface area contributed by atoms with Gasteiger partial charge in [0.2, 0.25) is 0 Å². The number of methoxy groups -OCH3 is 3. The molecule has 2 heterocycles. The molecule has 0 aliphatic rings. The van der Waals surface area contributed by atoms with E-state index in [9.17, 15) is 0 Å². The number of aromatic nitrogens is 4. The number of hydrogen-bond acceptors (Lipinski definition) is 6. The lowest BCUT2D eigenvalue weighted by atomic mass is 10.2. The normalized spacial score (nSPS) is 11.0. The summed E-state index contributed by atoms with van der Waals surface area (Å²) in [6.07, 6.45) is 3.26. The molecule has 0 amide bonds. The molecule has 0 saturated carbocycles. The number of rotatable bonds is 4. The van der Waals surface area contributed by atoms with Crippen LogP contribution in [0.25, 0.3) is 27.8 Å². The van der Waals surface area contributed by atoms with E-state index in [1.54, 1.807) is 27.7 Å². The van der Waals surface area contributed by atoms with Gasteiger partial charge in [-0.2, -0.15) is 0 Å². The van der Waals surface area contributed by atoms with E-state index < -0.39 is 0 Å². The van der Waals surface area contributed by atoms with E-state index in [0.717, 1.165) is 33.5 Å². The van der Waals surface area contributed by atoms with Crippen LogP contribution in [0.15, 0.2) is 43.0 Å². The van der Waals surface area contributed by atoms with Crippen molar-refractivity contribution in [1.29, 1.82) is 0 Å². The molecular weight excluding hydrogens is 320 g/mol. The standard InChI is InChI=1S/C18H16N4O3/c1-23-11-4-5-12-13(6-11)19-9-20-18(12)22-10-21-14-7-16(24-2)17(25-3)8-15(14)22/h4-10H,1-3H3. The van der Waals surface area contributed by atoms with E-state index in [2.05, 4.69) is 15.0 Å². The van der Waals surface area contributed by atoms with Crippen LogP contribution in [0.2, 0.25) is 0 Å². The SMILES string of the molecule is COc1ccc2c(-n3cnc4cc(OC)c(OC)cc43)ncnc2c1. The van der Waals surface area contributed by atoms with Gasteiger partial charge in [-0.1, -0.05) is 0 Å². The number of ether oxygens (including phenoxy) is 3. The summed E-state index contributed by atoms with van der Waals surface area (Å²) < 4.78 is 17.9. The Hall–Kier alpha value is -3.35. The van der Waals surface area contributed by atoms with Crippen molar-refractivity contribution in [3.8, 4) is 23.1 Å². The van der Waals surface area contributed by atoms with Gasteiger partial charge >= 0.3 is 0 Å². The Morgan fingerprint density at radius 1 is 0.800 bits per heavy atom. The lowest BCUT2D eigenvalue weighted by molar-refractivity contribution is 0.355. The molecule has 0 aliphatic carbocycles. The molecule has 0 aliphatic heterocycles. The lowest BCUT2D eigenvalue weighted by Gasteiger charge is -2.10. The van der Waals surface area contributed by atoms with Crippen LogP contribution in [0.1, 0.15) is 0 Å². The predicted molar refractivity (Wildman–Crippen MR) is 93.8 cm³/mol. The zero-order chi connectivity index (χ0) is 17.4. The van der Waals surface area contributed by atoms with E-state index >= 15 is 0 Å². The topological polar surface area (TPSA) is 71.3 Å². The molecule has 2 aromatic heterocycles. The molecule has 0 fully saturated rings. The molecule has 7 nitrogen and oxygen atoms in total. The number of fused-ring (bicyclic) bond motifs is 2. The maximum atomic E-state index is 5.41. The average molecular weight is 336 g/mol. The molecule has 4 rings (SSSR count). The van der Waals surface area contributed by atoms with Gasteiger partial charge in [0.25, 0.3) is 0 Å². The summed E-state index contributed by atoms with van der Waals surface area (Å²) in [5.41, 5.74) is 2.46. The highest BCUT2D eigenvalue weighted by molar-refractivity contribution is 5.89. The third-order valence-corrected chi connectivity index (χ3v) is 4.10. The fourth-order valence-corrected chi connectivity index (χ4v) is 2.85. The molecule has 0 spiro atoms. The summed E-state index contributed by atoms with van der Waals surface area (Å²) in [5, 5.41) is 0.900. The first-order chi connectivity index (χ1) is 12.2. The lowest BCUT2D eigenvalue weighted by Crippen LogP contribution is -1.99. The summed E-state index contributed by atoms with van der Waals surface area (Å²) in [7, 11) is 4.84. The second-order valence-corrected chi connectivity index (χ2v) is 5.39. The van der Waals surface area contributed by atoms with Gasteiger partial charge in [0.05, 0.1) is 37.9 Å². The highest BCUT2D eigenvalue weighted by Crippen LogP contribution is 2.33. The number of hydrogen-bond donors (Lipinski definition) is 0. The van der Waals surface area contributed by atoms with Crippen molar-refractivity contribution in [1.82, 2.24) is 19.5 Å². The maximum absolute atomic E-state index is 5.41. The largest absolute Gasteiger partial charge is 0.497 e. The highest BCUT2D eigenvalue weighted by atomic mass is 16.5. The van der Waals surface area contributed by atoms with Crippen molar-refractivity contribution in [3.05, 3.63) is 43.0 Å². The third kappa shape index (κ3) is 2.40. The van der Waals surface area contributed by atoms with Crippen molar-refractivity contribution in [2.45, 2.75) is 0 Å². The molecule has 126 valence electrons. The number of benzene rings is 2. The molecule has 7 heteroatoms. The molecular formula is C18H16N4O3. The van der Waals surface area contributed by atoms with Gasteiger partial charge in [0, 0.05) is 23.6 Å². The van der Waals surface area contributed by atoms with Crippen molar-refractivity contribution in [2.75, 3.05) is 21.3 Å². The quantitative estimate of drug-likeness (QED) is 0.570. The zero-order valence-electron chi connectivity index (χ0n) is 14.1. The average Bonchev–Trinajstić information content (AvgIpc) is 3.08. The summed E-state index contributed by atoms with van der Waals surface area (Å²) in [6, 6.07) is 9.44. The Bertz CT molecular complexity index is 1070. The Morgan fingerprint density at radius 3 is 2.36 bits per heavy atom. The zero-order valence-corrected chi connectivity index (χ0v) is 14.1. The van der Waals surface area contributed by atoms with E-state index in [4.69, 9.17) is 14.2 Å². The minimum atomic E-state index is 0.636. The van der Waals surface area contributed by atoms with Crippen molar-refractivity contribution in [3.63, 3.8) is 0 Å². The van der Waals surface area contributed by atoms with Gasteiger partial charge in [-0.3, -0.25) is 4.57 Å². The van der Waals surface area contributed by atoms with Crippen LogP contribution >= 0.6 is 0 Å².